The summed E-state index contributed by atoms with van der Waals surface area (Å²) >= 11 is 0. The van der Waals surface area contributed by atoms with Crippen molar-refractivity contribution < 1.29 is 0 Å². The molecule has 2 heteroatoms. The summed E-state index contributed by atoms with van der Waals surface area (Å²) in [7, 11) is 1.88. The van der Waals surface area contributed by atoms with E-state index in [9.17, 15) is 0 Å². The Morgan fingerprint density at radius 1 is 1.46 bits per heavy atom. The molecule has 0 saturated heterocycles. The molecule has 0 saturated carbocycles. The predicted octanol–water partition coefficient (Wildman–Crippen LogP) is 2.68. The van der Waals surface area contributed by atoms with E-state index in [0.29, 0.717) is 0 Å². The van der Waals surface area contributed by atoms with E-state index in [0.717, 1.165) is 24.1 Å². The summed E-state index contributed by atoms with van der Waals surface area (Å²) in [6.07, 6.45) is 3.63. The second-order valence-corrected chi connectivity index (χ2v) is 3.07. The summed E-state index contributed by atoms with van der Waals surface area (Å²) in [4.78, 5) is 0. The Kier molecular flexibility index (Phi) is 3.50. The zero-order valence-electron chi connectivity index (χ0n) is 8.22. The van der Waals surface area contributed by atoms with Gasteiger partial charge in [-0.2, -0.15) is 0 Å². The first kappa shape index (κ1) is 9.78. The average Bonchev–Trinajstić information content (AvgIpc) is 2.18. The molecule has 0 aliphatic heterocycles. The zero-order chi connectivity index (χ0) is 9.68. The second-order valence-electron chi connectivity index (χ2n) is 3.07. The summed E-state index contributed by atoms with van der Waals surface area (Å²) < 4.78 is 0. The molecule has 0 spiro atoms. The van der Waals surface area contributed by atoms with Gasteiger partial charge in [0.15, 0.2) is 0 Å². The highest BCUT2D eigenvalue weighted by molar-refractivity contribution is 5.85. The van der Waals surface area contributed by atoms with E-state index >= 15 is 0 Å². The Bertz CT molecular complexity index is 292. The van der Waals surface area contributed by atoms with Crippen LogP contribution in [0.1, 0.15) is 24.5 Å². The van der Waals surface area contributed by atoms with Gasteiger partial charge in [0.25, 0.3) is 0 Å². The highest BCUT2D eigenvalue weighted by Gasteiger charge is 1.98. The van der Waals surface area contributed by atoms with Crippen LogP contribution >= 0.6 is 0 Å². The highest BCUT2D eigenvalue weighted by Crippen LogP contribution is 2.15. The van der Waals surface area contributed by atoms with Crippen molar-refractivity contribution in [3.05, 3.63) is 29.3 Å². The summed E-state index contributed by atoms with van der Waals surface area (Å²) in [6, 6.07) is 6.22. The van der Waals surface area contributed by atoms with Gasteiger partial charge in [0, 0.05) is 24.5 Å². The normalized spacial score (nSPS) is 9.69. The average molecular weight is 176 g/mol. The standard InChI is InChI=1S/C11H16N2/c1-3-4-9-5-6-11(13-2)10(7-9)8-12/h5-8,12-13H,3-4H2,1-2H3. The largest absolute Gasteiger partial charge is 0.388 e. The number of hydrogen-bond donors (Lipinski definition) is 2. The maximum absolute atomic E-state index is 7.25. The van der Waals surface area contributed by atoms with Gasteiger partial charge < -0.3 is 10.7 Å². The lowest BCUT2D eigenvalue weighted by Gasteiger charge is -2.06. The molecular weight excluding hydrogens is 160 g/mol. The number of aryl methyl sites for hydroxylation is 1. The molecule has 70 valence electrons. The maximum atomic E-state index is 7.25. The highest BCUT2D eigenvalue weighted by atomic mass is 14.8. The van der Waals surface area contributed by atoms with Crippen LogP contribution in [-0.4, -0.2) is 13.3 Å². The van der Waals surface area contributed by atoms with Gasteiger partial charge >= 0.3 is 0 Å². The van der Waals surface area contributed by atoms with Gasteiger partial charge in [-0.1, -0.05) is 19.4 Å². The van der Waals surface area contributed by atoms with Crippen LogP contribution in [0.15, 0.2) is 18.2 Å². The quantitative estimate of drug-likeness (QED) is 0.680. The van der Waals surface area contributed by atoms with E-state index in [2.05, 4.69) is 24.4 Å². The van der Waals surface area contributed by atoms with Gasteiger partial charge in [-0.15, -0.1) is 0 Å². The fourth-order valence-corrected chi connectivity index (χ4v) is 1.40. The lowest BCUT2D eigenvalue weighted by molar-refractivity contribution is 0.922. The van der Waals surface area contributed by atoms with Crippen molar-refractivity contribution in [3.63, 3.8) is 0 Å². The van der Waals surface area contributed by atoms with Crippen molar-refractivity contribution in [3.8, 4) is 0 Å². The molecule has 0 aliphatic carbocycles. The number of nitrogens with one attached hydrogen (secondary N) is 2. The van der Waals surface area contributed by atoms with E-state index in [4.69, 9.17) is 5.41 Å². The molecule has 0 aliphatic rings. The topological polar surface area (TPSA) is 35.9 Å². The fraction of sp³-hybridized carbons (Fsp3) is 0.364. The van der Waals surface area contributed by atoms with Crippen LogP contribution in [0, 0.1) is 5.41 Å². The number of anilines is 1. The lowest BCUT2D eigenvalue weighted by Crippen LogP contribution is -1.95. The molecule has 0 bridgehead atoms. The van der Waals surface area contributed by atoms with Gasteiger partial charge in [0.1, 0.15) is 0 Å². The number of benzene rings is 1. The molecule has 2 nitrogen and oxygen atoms in total. The van der Waals surface area contributed by atoms with Crippen LogP contribution in [0.4, 0.5) is 5.69 Å². The summed E-state index contributed by atoms with van der Waals surface area (Å²) in [5.74, 6) is 0. The molecule has 0 atom stereocenters. The Morgan fingerprint density at radius 2 is 2.23 bits per heavy atom. The Labute approximate surface area is 79.5 Å². The maximum Gasteiger partial charge on any atom is 0.0426 e. The van der Waals surface area contributed by atoms with Crippen LogP contribution in [0.25, 0.3) is 0 Å². The summed E-state index contributed by atoms with van der Waals surface area (Å²) in [6.45, 7) is 2.16. The lowest BCUT2D eigenvalue weighted by atomic mass is 10.1. The first-order valence-electron chi connectivity index (χ1n) is 4.63. The van der Waals surface area contributed by atoms with Crippen LogP contribution in [0.5, 0.6) is 0 Å². The van der Waals surface area contributed by atoms with Gasteiger partial charge in [-0.05, 0) is 24.1 Å². The Morgan fingerprint density at radius 3 is 2.77 bits per heavy atom. The van der Waals surface area contributed by atoms with Gasteiger partial charge in [-0.25, -0.2) is 0 Å². The van der Waals surface area contributed by atoms with E-state index in [1.807, 2.05) is 13.1 Å². The van der Waals surface area contributed by atoms with E-state index in [-0.39, 0.29) is 0 Å². The van der Waals surface area contributed by atoms with Crippen LogP contribution < -0.4 is 5.32 Å². The number of rotatable bonds is 4. The van der Waals surface area contributed by atoms with Crippen LogP contribution in [0.2, 0.25) is 0 Å². The molecule has 1 rings (SSSR count). The first-order chi connectivity index (χ1) is 6.31. The smallest absolute Gasteiger partial charge is 0.0426 e. The Hall–Kier alpha value is -1.31. The molecule has 1 aromatic rings. The van der Waals surface area contributed by atoms with Gasteiger partial charge in [0.2, 0.25) is 0 Å². The minimum absolute atomic E-state index is 0.966. The molecule has 0 unspecified atom stereocenters. The van der Waals surface area contributed by atoms with Crippen molar-refractivity contribution in [2.24, 2.45) is 0 Å². The van der Waals surface area contributed by atoms with Crippen LogP contribution in [-0.2, 0) is 6.42 Å². The molecule has 13 heavy (non-hydrogen) atoms. The predicted molar refractivity (Wildman–Crippen MR) is 57.9 cm³/mol. The molecule has 1 aromatic carbocycles. The van der Waals surface area contributed by atoms with Crippen molar-refractivity contribution >= 4 is 11.9 Å². The van der Waals surface area contributed by atoms with Crippen LogP contribution in [0.3, 0.4) is 0 Å². The minimum atomic E-state index is 0.966. The van der Waals surface area contributed by atoms with E-state index in [1.165, 1.54) is 11.8 Å². The van der Waals surface area contributed by atoms with E-state index in [1.54, 1.807) is 0 Å². The molecule has 0 amide bonds. The Balaban J connectivity index is 2.98. The molecular formula is C11H16N2. The molecule has 0 aromatic heterocycles. The third-order valence-electron chi connectivity index (χ3n) is 2.08. The molecule has 0 heterocycles. The van der Waals surface area contributed by atoms with Crippen molar-refractivity contribution in [1.82, 2.24) is 0 Å². The van der Waals surface area contributed by atoms with Crippen molar-refractivity contribution in [2.45, 2.75) is 19.8 Å². The van der Waals surface area contributed by atoms with Gasteiger partial charge in [0.05, 0.1) is 0 Å². The summed E-state index contributed by atoms with van der Waals surface area (Å²) in [5, 5.41) is 10.3. The van der Waals surface area contributed by atoms with E-state index < -0.39 is 0 Å². The van der Waals surface area contributed by atoms with Crippen molar-refractivity contribution in [1.29, 1.82) is 5.41 Å². The zero-order valence-corrected chi connectivity index (χ0v) is 8.22. The molecule has 0 radical (unpaired) electrons. The molecule has 0 fully saturated rings. The SMILES string of the molecule is CCCc1ccc(NC)c(C=N)c1. The number of hydrogen-bond acceptors (Lipinski definition) is 2. The monoisotopic (exact) mass is 176 g/mol. The third kappa shape index (κ3) is 2.31. The second kappa shape index (κ2) is 4.65. The minimum Gasteiger partial charge on any atom is -0.388 e. The molecule has 2 N–H and O–H groups in total. The summed E-state index contributed by atoms with van der Waals surface area (Å²) in [5.41, 5.74) is 3.29. The first-order valence-corrected chi connectivity index (χ1v) is 4.63. The third-order valence-corrected chi connectivity index (χ3v) is 2.08. The van der Waals surface area contributed by atoms with Crippen molar-refractivity contribution in [2.75, 3.05) is 12.4 Å². The fourth-order valence-electron chi connectivity index (χ4n) is 1.40. The van der Waals surface area contributed by atoms with Gasteiger partial charge in [-0.3, -0.25) is 0 Å².